The summed E-state index contributed by atoms with van der Waals surface area (Å²) in [6.45, 7) is 6.59. The largest absolute Gasteiger partial charge is 0.143 e. The summed E-state index contributed by atoms with van der Waals surface area (Å²) in [6.07, 6.45) is 2.23. The molecule has 2 heteroatoms. The Balaban J connectivity index is 2.85. The predicted molar refractivity (Wildman–Crippen MR) is 60.7 cm³/mol. The van der Waals surface area contributed by atoms with E-state index in [0.717, 1.165) is 0 Å². The Morgan fingerprint density at radius 3 is 2.58 bits per heavy atom. The molecule has 1 heterocycles. The monoisotopic (exact) mass is 244 g/mol. The van der Waals surface area contributed by atoms with Gasteiger partial charge in [0.05, 0.1) is 0 Å². The number of hydrogen-bond acceptors (Lipinski definition) is 1. The second-order valence-electron chi connectivity index (χ2n) is 3.84. The molecule has 66 valence electrons. The van der Waals surface area contributed by atoms with Crippen LogP contribution in [0.4, 0.5) is 0 Å². The van der Waals surface area contributed by atoms with Crippen molar-refractivity contribution in [1.82, 2.24) is 0 Å². The van der Waals surface area contributed by atoms with Gasteiger partial charge in [-0.3, -0.25) is 0 Å². The van der Waals surface area contributed by atoms with Gasteiger partial charge in [-0.25, -0.2) is 0 Å². The lowest BCUT2D eigenvalue weighted by molar-refractivity contribution is 0.547. The van der Waals surface area contributed by atoms with Crippen LogP contribution in [-0.2, 0) is 0 Å². The molecular formula is C10H13BrS. The van der Waals surface area contributed by atoms with E-state index in [9.17, 15) is 0 Å². The quantitative estimate of drug-likeness (QED) is 0.681. The zero-order chi connectivity index (χ0) is 9.19. The number of thiophene rings is 1. The van der Waals surface area contributed by atoms with Crippen molar-refractivity contribution in [2.24, 2.45) is 5.41 Å². The average molecular weight is 245 g/mol. The molecule has 0 saturated heterocycles. The van der Waals surface area contributed by atoms with E-state index in [0.29, 0.717) is 0 Å². The van der Waals surface area contributed by atoms with Crippen LogP contribution in [0.2, 0.25) is 0 Å². The third-order valence-corrected chi connectivity index (χ3v) is 3.14. The SMILES string of the molecule is CC(C)(C)/C=C(\Br)c1cccs1. The Kier molecular flexibility index (Phi) is 3.13. The fourth-order valence-electron chi connectivity index (χ4n) is 0.866. The van der Waals surface area contributed by atoms with Crippen molar-refractivity contribution < 1.29 is 0 Å². The van der Waals surface area contributed by atoms with Gasteiger partial charge in [-0.15, -0.1) is 11.3 Å². The lowest BCUT2D eigenvalue weighted by Gasteiger charge is -2.12. The maximum Gasteiger partial charge on any atom is 0.0409 e. The van der Waals surface area contributed by atoms with Crippen LogP contribution in [0.1, 0.15) is 25.6 Å². The molecule has 0 spiro atoms. The molecule has 0 fully saturated rings. The summed E-state index contributed by atoms with van der Waals surface area (Å²) in [4.78, 5) is 1.30. The number of hydrogen-bond donors (Lipinski definition) is 0. The standard InChI is InChI=1S/C10H13BrS/c1-10(2,3)7-8(11)9-5-4-6-12-9/h4-7H,1-3H3/b8-7-. The highest BCUT2D eigenvalue weighted by atomic mass is 79.9. The first-order valence-electron chi connectivity index (χ1n) is 3.91. The van der Waals surface area contributed by atoms with Crippen molar-refractivity contribution in [3.63, 3.8) is 0 Å². The molecule has 0 unspecified atom stereocenters. The maximum absolute atomic E-state index is 3.57. The van der Waals surface area contributed by atoms with Crippen LogP contribution in [-0.4, -0.2) is 0 Å². The summed E-state index contributed by atoms with van der Waals surface area (Å²) >= 11 is 5.33. The first-order chi connectivity index (χ1) is 5.49. The molecule has 0 aliphatic rings. The average Bonchev–Trinajstić information content (AvgIpc) is 2.32. The highest BCUT2D eigenvalue weighted by Crippen LogP contribution is 2.30. The molecular weight excluding hydrogens is 232 g/mol. The van der Waals surface area contributed by atoms with Gasteiger partial charge in [0.2, 0.25) is 0 Å². The van der Waals surface area contributed by atoms with Gasteiger partial charge in [-0.1, -0.05) is 32.9 Å². The summed E-state index contributed by atoms with van der Waals surface area (Å²) in [6, 6.07) is 4.19. The van der Waals surface area contributed by atoms with Crippen molar-refractivity contribution in [1.29, 1.82) is 0 Å². The molecule has 0 aliphatic carbocycles. The highest BCUT2D eigenvalue weighted by molar-refractivity contribution is 9.15. The van der Waals surface area contributed by atoms with Gasteiger partial charge < -0.3 is 0 Å². The maximum atomic E-state index is 3.57. The molecule has 0 aliphatic heterocycles. The fourth-order valence-corrected chi connectivity index (χ4v) is 2.60. The van der Waals surface area contributed by atoms with Crippen molar-refractivity contribution in [2.45, 2.75) is 20.8 Å². The molecule has 12 heavy (non-hydrogen) atoms. The van der Waals surface area contributed by atoms with Gasteiger partial charge in [0.15, 0.2) is 0 Å². The molecule has 1 aromatic heterocycles. The lowest BCUT2D eigenvalue weighted by atomic mass is 9.96. The second kappa shape index (κ2) is 3.75. The number of rotatable bonds is 1. The highest BCUT2D eigenvalue weighted by Gasteiger charge is 2.08. The van der Waals surface area contributed by atoms with Crippen LogP contribution in [0, 0.1) is 5.41 Å². The van der Waals surface area contributed by atoms with E-state index in [1.807, 2.05) is 0 Å². The Morgan fingerprint density at radius 2 is 2.17 bits per heavy atom. The van der Waals surface area contributed by atoms with E-state index in [1.165, 1.54) is 9.36 Å². The van der Waals surface area contributed by atoms with Gasteiger partial charge in [-0.05, 0) is 32.8 Å². The van der Waals surface area contributed by atoms with E-state index in [2.05, 4.69) is 60.3 Å². The van der Waals surface area contributed by atoms with E-state index >= 15 is 0 Å². The summed E-state index contributed by atoms with van der Waals surface area (Å²) in [5.74, 6) is 0. The molecule has 0 saturated carbocycles. The zero-order valence-corrected chi connectivity index (χ0v) is 10.00. The van der Waals surface area contributed by atoms with E-state index in [4.69, 9.17) is 0 Å². The second-order valence-corrected chi connectivity index (χ2v) is 5.64. The molecule has 0 bridgehead atoms. The zero-order valence-electron chi connectivity index (χ0n) is 7.60. The minimum atomic E-state index is 0.239. The molecule has 0 radical (unpaired) electrons. The molecule has 0 aromatic carbocycles. The Hall–Kier alpha value is -0.0800. The van der Waals surface area contributed by atoms with Crippen molar-refractivity contribution >= 4 is 31.7 Å². The van der Waals surface area contributed by atoms with E-state index < -0.39 is 0 Å². The molecule has 0 N–H and O–H groups in total. The van der Waals surface area contributed by atoms with Gasteiger partial charge in [0.1, 0.15) is 0 Å². The van der Waals surface area contributed by atoms with E-state index in [1.54, 1.807) is 11.3 Å². The van der Waals surface area contributed by atoms with Crippen LogP contribution < -0.4 is 0 Å². The Morgan fingerprint density at radius 1 is 1.50 bits per heavy atom. The third kappa shape index (κ3) is 3.11. The summed E-state index contributed by atoms with van der Waals surface area (Å²) < 4.78 is 1.20. The van der Waals surface area contributed by atoms with Gasteiger partial charge in [0, 0.05) is 9.36 Å². The van der Waals surface area contributed by atoms with Crippen LogP contribution in [0.3, 0.4) is 0 Å². The first kappa shape index (κ1) is 10.0. The molecule has 1 rings (SSSR count). The van der Waals surface area contributed by atoms with Crippen molar-refractivity contribution in [3.8, 4) is 0 Å². The molecule has 0 nitrogen and oxygen atoms in total. The smallest absolute Gasteiger partial charge is 0.0409 e. The van der Waals surface area contributed by atoms with Crippen molar-refractivity contribution in [2.75, 3.05) is 0 Å². The third-order valence-electron chi connectivity index (χ3n) is 1.32. The Labute approximate surface area is 86.4 Å². The van der Waals surface area contributed by atoms with Crippen molar-refractivity contribution in [3.05, 3.63) is 28.5 Å². The van der Waals surface area contributed by atoms with Gasteiger partial charge in [0.25, 0.3) is 0 Å². The molecule has 0 atom stereocenters. The first-order valence-corrected chi connectivity index (χ1v) is 5.58. The number of allylic oxidation sites excluding steroid dienone is 1. The summed E-state index contributed by atoms with van der Waals surface area (Å²) in [5.41, 5.74) is 0.239. The predicted octanol–water partition coefficient (Wildman–Crippen LogP) is 4.53. The minimum Gasteiger partial charge on any atom is -0.143 e. The van der Waals surface area contributed by atoms with Crippen LogP contribution in [0.5, 0.6) is 0 Å². The van der Waals surface area contributed by atoms with Crippen LogP contribution >= 0.6 is 27.3 Å². The number of halogens is 1. The van der Waals surface area contributed by atoms with Crippen LogP contribution in [0.25, 0.3) is 4.48 Å². The Bertz CT molecular complexity index is 265. The summed E-state index contributed by atoms with van der Waals surface area (Å²) in [5, 5.41) is 2.09. The minimum absolute atomic E-state index is 0.239. The normalized spacial score (nSPS) is 13.5. The lowest BCUT2D eigenvalue weighted by Crippen LogP contribution is -1.98. The van der Waals surface area contributed by atoms with Gasteiger partial charge >= 0.3 is 0 Å². The van der Waals surface area contributed by atoms with E-state index in [-0.39, 0.29) is 5.41 Å². The van der Waals surface area contributed by atoms with Crippen LogP contribution in [0.15, 0.2) is 23.6 Å². The summed E-state index contributed by atoms with van der Waals surface area (Å²) in [7, 11) is 0. The van der Waals surface area contributed by atoms with Gasteiger partial charge in [-0.2, -0.15) is 0 Å². The fraction of sp³-hybridized carbons (Fsp3) is 0.400. The molecule has 1 aromatic rings. The topological polar surface area (TPSA) is 0 Å². The molecule has 0 amide bonds.